The Kier molecular flexibility index (Phi) is 7.83. The van der Waals surface area contributed by atoms with Crippen LogP contribution in [0.1, 0.15) is 51.7 Å². The van der Waals surface area contributed by atoms with Crippen molar-refractivity contribution in [3.63, 3.8) is 0 Å². The van der Waals surface area contributed by atoms with Gasteiger partial charge >= 0.3 is 5.97 Å². The number of hydrogen-bond acceptors (Lipinski definition) is 9. The quantitative estimate of drug-likeness (QED) is 0.353. The Labute approximate surface area is 167 Å². The number of amides is 1. The second kappa shape index (κ2) is 9.24. The molecule has 0 aliphatic rings. The van der Waals surface area contributed by atoms with Crippen molar-refractivity contribution in [2.45, 2.75) is 59.2 Å². The molecule has 10 heteroatoms. The van der Waals surface area contributed by atoms with Crippen LogP contribution in [0.4, 0.5) is 0 Å². The SMILES string of the molecule is Cc1nc(/C(=N/OC(C)(C)C(=O)OC(C)(C)C)C(=O)C[C@@H](CO)C(N)=O)cs1. The monoisotopic (exact) mass is 413 g/mol. The summed E-state index contributed by atoms with van der Waals surface area (Å²) in [6.07, 6.45) is -0.364. The van der Waals surface area contributed by atoms with E-state index >= 15 is 0 Å². The number of aryl methyl sites for hydroxylation is 1. The van der Waals surface area contributed by atoms with Crippen LogP contribution in [0.15, 0.2) is 10.5 Å². The van der Waals surface area contributed by atoms with Crippen LogP contribution < -0.4 is 5.73 Å². The second-order valence-corrected chi connectivity index (χ2v) is 8.77. The lowest BCUT2D eigenvalue weighted by molar-refractivity contribution is -0.179. The zero-order valence-corrected chi connectivity index (χ0v) is 17.8. The van der Waals surface area contributed by atoms with Crippen molar-refractivity contribution < 1.29 is 29.1 Å². The number of primary amides is 1. The number of thiazole rings is 1. The minimum absolute atomic E-state index is 0.166. The van der Waals surface area contributed by atoms with Crippen molar-refractivity contribution in [1.82, 2.24) is 4.98 Å². The molecule has 0 saturated heterocycles. The van der Waals surface area contributed by atoms with E-state index in [0.717, 1.165) is 0 Å². The molecule has 1 atom stereocenters. The van der Waals surface area contributed by atoms with Crippen molar-refractivity contribution in [3.05, 3.63) is 16.1 Å². The summed E-state index contributed by atoms with van der Waals surface area (Å²) in [7, 11) is 0. The molecular formula is C18H27N3O6S. The summed E-state index contributed by atoms with van der Waals surface area (Å²) >= 11 is 1.30. The molecule has 0 bridgehead atoms. The molecule has 9 nitrogen and oxygen atoms in total. The highest BCUT2D eigenvalue weighted by Gasteiger charge is 2.36. The molecule has 0 radical (unpaired) electrons. The van der Waals surface area contributed by atoms with Gasteiger partial charge in [0.25, 0.3) is 0 Å². The van der Waals surface area contributed by atoms with E-state index in [9.17, 15) is 19.5 Å². The van der Waals surface area contributed by atoms with Crippen LogP contribution in [-0.4, -0.2) is 51.3 Å². The van der Waals surface area contributed by atoms with E-state index in [0.29, 0.717) is 5.01 Å². The molecule has 1 aromatic heterocycles. The van der Waals surface area contributed by atoms with E-state index in [2.05, 4.69) is 10.1 Å². The van der Waals surface area contributed by atoms with Crippen molar-refractivity contribution in [2.24, 2.45) is 16.8 Å². The molecule has 1 aromatic rings. The fourth-order valence-corrected chi connectivity index (χ4v) is 2.48. The van der Waals surface area contributed by atoms with E-state index in [1.165, 1.54) is 25.2 Å². The Bertz CT molecular complexity index is 764. The maximum absolute atomic E-state index is 12.7. The van der Waals surface area contributed by atoms with Gasteiger partial charge in [-0.25, -0.2) is 9.78 Å². The number of aliphatic hydroxyl groups excluding tert-OH is 1. The lowest BCUT2D eigenvalue weighted by Gasteiger charge is -2.26. The first kappa shape index (κ1) is 23.7. The van der Waals surface area contributed by atoms with E-state index < -0.39 is 41.4 Å². The molecule has 3 N–H and O–H groups in total. The molecule has 0 unspecified atom stereocenters. The number of Topliss-reactive ketones (excluding diaryl/α,β-unsaturated/α-hetero) is 1. The Balaban J connectivity index is 3.13. The molecule has 0 aromatic carbocycles. The third kappa shape index (κ3) is 7.01. The van der Waals surface area contributed by atoms with Crippen LogP contribution >= 0.6 is 11.3 Å². The molecule has 0 aliphatic heterocycles. The third-order valence-corrected chi connectivity index (χ3v) is 4.21. The van der Waals surface area contributed by atoms with E-state index in [4.69, 9.17) is 15.3 Å². The first-order valence-electron chi connectivity index (χ1n) is 8.62. The van der Waals surface area contributed by atoms with Crippen molar-refractivity contribution in [3.8, 4) is 0 Å². The standard InChI is InChI=1S/C18H27N3O6S/c1-10-20-12(9-28-10)14(13(23)7-11(8-22)15(19)24)21-27-18(5,6)16(25)26-17(2,3)4/h9,11,22H,7-8H2,1-6H3,(H2,19,24)/b21-14-/t11-/m0/s1. The van der Waals surface area contributed by atoms with Crippen LogP contribution in [0.25, 0.3) is 0 Å². The largest absolute Gasteiger partial charge is 0.457 e. The Morgan fingerprint density at radius 2 is 1.89 bits per heavy atom. The first-order chi connectivity index (χ1) is 12.8. The number of hydrogen-bond donors (Lipinski definition) is 2. The third-order valence-electron chi connectivity index (χ3n) is 3.44. The molecule has 156 valence electrons. The highest BCUT2D eigenvalue weighted by atomic mass is 32.1. The van der Waals surface area contributed by atoms with Gasteiger partial charge in [-0.3, -0.25) is 9.59 Å². The van der Waals surface area contributed by atoms with Gasteiger partial charge in [0.15, 0.2) is 11.5 Å². The molecule has 0 fully saturated rings. The predicted octanol–water partition coefficient (Wildman–Crippen LogP) is 1.35. The number of oxime groups is 1. The Hall–Kier alpha value is -2.33. The minimum atomic E-state index is -1.47. The summed E-state index contributed by atoms with van der Waals surface area (Å²) in [4.78, 5) is 45.8. The van der Waals surface area contributed by atoms with Crippen molar-refractivity contribution >= 4 is 34.7 Å². The number of carbonyl (C=O) groups excluding carboxylic acids is 3. The van der Waals surface area contributed by atoms with Crippen molar-refractivity contribution in [2.75, 3.05) is 6.61 Å². The van der Waals surface area contributed by atoms with Gasteiger partial charge in [0.05, 0.1) is 17.5 Å². The Morgan fingerprint density at radius 1 is 1.29 bits per heavy atom. The summed E-state index contributed by atoms with van der Waals surface area (Å²) in [6, 6.07) is 0. The highest BCUT2D eigenvalue weighted by Crippen LogP contribution is 2.19. The fourth-order valence-electron chi connectivity index (χ4n) is 1.89. The average Bonchev–Trinajstić information content (AvgIpc) is 2.96. The zero-order chi connectivity index (χ0) is 21.7. The van der Waals surface area contributed by atoms with Gasteiger partial charge < -0.3 is 20.4 Å². The number of ketones is 1. The molecule has 0 aliphatic carbocycles. The number of aromatic nitrogens is 1. The molecule has 1 heterocycles. The zero-order valence-electron chi connectivity index (χ0n) is 16.9. The molecule has 1 amide bonds. The van der Waals surface area contributed by atoms with E-state index in [1.54, 1.807) is 33.1 Å². The van der Waals surface area contributed by atoms with Gasteiger partial charge in [-0.2, -0.15) is 0 Å². The topological polar surface area (TPSA) is 141 Å². The van der Waals surface area contributed by atoms with E-state index in [-0.39, 0.29) is 17.8 Å². The summed E-state index contributed by atoms with van der Waals surface area (Å²) in [5.41, 5.74) is 3.07. The number of rotatable bonds is 9. The predicted molar refractivity (Wildman–Crippen MR) is 104 cm³/mol. The first-order valence-corrected chi connectivity index (χ1v) is 9.50. The lowest BCUT2D eigenvalue weighted by Crippen LogP contribution is -2.40. The number of nitrogens with zero attached hydrogens (tertiary/aromatic N) is 2. The highest BCUT2D eigenvalue weighted by molar-refractivity contribution is 7.09. The minimum Gasteiger partial charge on any atom is -0.457 e. The van der Waals surface area contributed by atoms with Crippen LogP contribution in [0.2, 0.25) is 0 Å². The summed E-state index contributed by atoms with van der Waals surface area (Å²) in [5, 5.41) is 15.4. The number of ether oxygens (including phenoxy) is 1. The number of nitrogens with two attached hydrogens (primary N) is 1. The lowest BCUT2D eigenvalue weighted by atomic mass is 9.99. The number of aliphatic hydroxyl groups is 1. The molecule has 0 saturated carbocycles. The van der Waals surface area contributed by atoms with Gasteiger partial charge in [0.2, 0.25) is 11.5 Å². The van der Waals surface area contributed by atoms with Gasteiger partial charge in [0.1, 0.15) is 11.3 Å². The fraction of sp³-hybridized carbons (Fsp3) is 0.611. The maximum Gasteiger partial charge on any atom is 0.353 e. The van der Waals surface area contributed by atoms with Gasteiger partial charge in [-0.15, -0.1) is 11.3 Å². The van der Waals surface area contributed by atoms with Gasteiger partial charge in [-0.05, 0) is 41.5 Å². The summed E-state index contributed by atoms with van der Waals surface area (Å²) < 4.78 is 5.29. The summed E-state index contributed by atoms with van der Waals surface area (Å²) in [5.74, 6) is -3.12. The second-order valence-electron chi connectivity index (χ2n) is 7.70. The van der Waals surface area contributed by atoms with Crippen LogP contribution in [0, 0.1) is 12.8 Å². The van der Waals surface area contributed by atoms with Crippen LogP contribution in [0.3, 0.4) is 0 Å². The van der Waals surface area contributed by atoms with Crippen LogP contribution in [0.5, 0.6) is 0 Å². The van der Waals surface area contributed by atoms with Crippen LogP contribution in [-0.2, 0) is 24.0 Å². The maximum atomic E-state index is 12.7. The number of carbonyl (C=O) groups is 3. The normalized spacial score (nSPS) is 13.8. The van der Waals surface area contributed by atoms with Crippen molar-refractivity contribution in [1.29, 1.82) is 0 Å². The molecular weight excluding hydrogens is 386 g/mol. The van der Waals surface area contributed by atoms with E-state index in [1.807, 2.05) is 0 Å². The number of esters is 1. The molecule has 1 rings (SSSR count). The van der Waals surface area contributed by atoms with Gasteiger partial charge in [-0.1, -0.05) is 5.16 Å². The smallest absolute Gasteiger partial charge is 0.353 e. The Morgan fingerprint density at radius 3 is 2.32 bits per heavy atom. The van der Waals surface area contributed by atoms with Gasteiger partial charge in [0, 0.05) is 11.8 Å². The molecule has 0 spiro atoms. The molecule has 28 heavy (non-hydrogen) atoms. The summed E-state index contributed by atoms with van der Waals surface area (Å²) in [6.45, 7) is 9.25. The average molecular weight is 413 g/mol.